The van der Waals surface area contributed by atoms with E-state index >= 15 is 0 Å². The zero-order chi connectivity index (χ0) is 13.8. The number of nitrogens with zero attached hydrogens (tertiary/aromatic N) is 3. The van der Waals surface area contributed by atoms with Crippen LogP contribution in [0.3, 0.4) is 0 Å². The molecule has 0 atom stereocenters. The second-order valence-electron chi connectivity index (χ2n) is 5.39. The third-order valence-corrected chi connectivity index (χ3v) is 3.43. The minimum Gasteiger partial charge on any atom is -0.367 e. The van der Waals surface area contributed by atoms with E-state index in [0.29, 0.717) is 6.04 Å². The maximum atomic E-state index is 11.9. The van der Waals surface area contributed by atoms with E-state index in [1.54, 1.807) is 6.20 Å². The van der Waals surface area contributed by atoms with Gasteiger partial charge in [0.05, 0.1) is 0 Å². The lowest BCUT2D eigenvalue weighted by Gasteiger charge is -2.33. The Hall–Kier alpha value is -1.65. The first-order valence-electron chi connectivity index (χ1n) is 6.91. The summed E-state index contributed by atoms with van der Waals surface area (Å²) in [7, 11) is 0. The van der Waals surface area contributed by atoms with Gasteiger partial charge in [-0.1, -0.05) is 13.8 Å². The van der Waals surface area contributed by atoms with Gasteiger partial charge >= 0.3 is 0 Å². The maximum Gasteiger partial charge on any atom is 0.225 e. The molecule has 1 aliphatic rings. The predicted octanol–water partition coefficient (Wildman–Crippen LogP) is 1.84. The van der Waals surface area contributed by atoms with Gasteiger partial charge in [0.15, 0.2) is 0 Å². The SMILES string of the molecule is Cc1nccc(NC2CCN(C(=O)C(C)C)CC2)n1. The first-order valence-corrected chi connectivity index (χ1v) is 6.91. The van der Waals surface area contributed by atoms with Crippen molar-refractivity contribution in [2.24, 2.45) is 5.92 Å². The molecule has 0 unspecified atom stereocenters. The second kappa shape index (κ2) is 5.99. The molecule has 0 aromatic carbocycles. The van der Waals surface area contributed by atoms with E-state index in [9.17, 15) is 4.79 Å². The van der Waals surface area contributed by atoms with Gasteiger partial charge in [0.1, 0.15) is 11.6 Å². The van der Waals surface area contributed by atoms with Crippen molar-refractivity contribution in [2.45, 2.75) is 39.7 Å². The lowest BCUT2D eigenvalue weighted by molar-refractivity contribution is -0.135. The van der Waals surface area contributed by atoms with Gasteiger partial charge in [-0.05, 0) is 25.8 Å². The molecule has 2 heterocycles. The van der Waals surface area contributed by atoms with E-state index in [2.05, 4.69) is 15.3 Å². The number of hydrogen-bond donors (Lipinski definition) is 1. The molecule has 0 radical (unpaired) electrons. The van der Waals surface area contributed by atoms with Crippen LogP contribution in [0.25, 0.3) is 0 Å². The Labute approximate surface area is 114 Å². The first kappa shape index (κ1) is 13.8. The molecule has 1 fully saturated rings. The van der Waals surface area contributed by atoms with Gasteiger partial charge in [-0.3, -0.25) is 4.79 Å². The van der Waals surface area contributed by atoms with Crippen LogP contribution in [0.4, 0.5) is 5.82 Å². The van der Waals surface area contributed by atoms with Crippen LogP contribution in [-0.2, 0) is 4.79 Å². The normalized spacial score (nSPS) is 16.7. The van der Waals surface area contributed by atoms with Crippen LogP contribution in [0.2, 0.25) is 0 Å². The van der Waals surface area contributed by atoms with E-state index < -0.39 is 0 Å². The minimum atomic E-state index is 0.0917. The Morgan fingerprint density at radius 3 is 2.68 bits per heavy atom. The van der Waals surface area contributed by atoms with Gasteiger partial charge in [-0.25, -0.2) is 9.97 Å². The molecule has 0 saturated carbocycles. The molecule has 0 bridgehead atoms. The lowest BCUT2D eigenvalue weighted by Crippen LogP contribution is -2.44. The molecule has 19 heavy (non-hydrogen) atoms. The summed E-state index contributed by atoms with van der Waals surface area (Å²) in [6.07, 6.45) is 3.71. The number of aromatic nitrogens is 2. The van der Waals surface area contributed by atoms with Gasteiger partial charge in [0, 0.05) is 31.2 Å². The number of anilines is 1. The molecule has 0 spiro atoms. The van der Waals surface area contributed by atoms with E-state index in [0.717, 1.165) is 37.6 Å². The number of amides is 1. The molecule has 1 saturated heterocycles. The van der Waals surface area contributed by atoms with Crippen molar-refractivity contribution in [3.8, 4) is 0 Å². The Morgan fingerprint density at radius 1 is 1.42 bits per heavy atom. The van der Waals surface area contributed by atoms with Crippen molar-refractivity contribution in [2.75, 3.05) is 18.4 Å². The quantitative estimate of drug-likeness (QED) is 0.903. The molecule has 104 valence electrons. The predicted molar refractivity (Wildman–Crippen MR) is 74.8 cm³/mol. The molecule has 0 aliphatic carbocycles. The van der Waals surface area contributed by atoms with Crippen LogP contribution in [0, 0.1) is 12.8 Å². The van der Waals surface area contributed by atoms with E-state index in [-0.39, 0.29) is 11.8 Å². The molecule has 1 aromatic heterocycles. The largest absolute Gasteiger partial charge is 0.367 e. The third kappa shape index (κ3) is 3.66. The highest BCUT2D eigenvalue weighted by atomic mass is 16.2. The van der Waals surface area contributed by atoms with Crippen molar-refractivity contribution in [3.63, 3.8) is 0 Å². The topological polar surface area (TPSA) is 58.1 Å². The van der Waals surface area contributed by atoms with Gasteiger partial charge < -0.3 is 10.2 Å². The van der Waals surface area contributed by atoms with E-state index in [1.165, 1.54) is 0 Å². The molecule has 1 amide bonds. The van der Waals surface area contributed by atoms with E-state index in [4.69, 9.17) is 0 Å². The summed E-state index contributed by atoms with van der Waals surface area (Å²) in [4.78, 5) is 22.3. The first-order chi connectivity index (χ1) is 9.06. The number of carbonyl (C=O) groups excluding carboxylic acids is 1. The summed E-state index contributed by atoms with van der Waals surface area (Å²) in [5, 5.41) is 3.42. The average Bonchev–Trinajstić information content (AvgIpc) is 2.39. The molecule has 1 aliphatic heterocycles. The smallest absolute Gasteiger partial charge is 0.225 e. The number of hydrogen-bond acceptors (Lipinski definition) is 4. The molecule has 5 heteroatoms. The Balaban J connectivity index is 1.85. The zero-order valence-electron chi connectivity index (χ0n) is 11.9. The monoisotopic (exact) mass is 262 g/mol. The fraction of sp³-hybridized carbons (Fsp3) is 0.643. The van der Waals surface area contributed by atoms with Crippen molar-refractivity contribution in [1.82, 2.24) is 14.9 Å². The molecular formula is C14H22N4O. The molecule has 1 N–H and O–H groups in total. The Kier molecular flexibility index (Phi) is 4.35. The van der Waals surface area contributed by atoms with Crippen LogP contribution < -0.4 is 5.32 Å². The maximum absolute atomic E-state index is 11.9. The van der Waals surface area contributed by atoms with Gasteiger partial charge in [-0.15, -0.1) is 0 Å². The third-order valence-electron chi connectivity index (χ3n) is 3.43. The molecular weight excluding hydrogens is 240 g/mol. The summed E-state index contributed by atoms with van der Waals surface area (Å²) in [6, 6.07) is 2.28. The number of piperidine rings is 1. The number of nitrogens with one attached hydrogen (secondary N) is 1. The standard InChI is InChI=1S/C14H22N4O/c1-10(2)14(19)18-8-5-12(6-9-18)17-13-4-7-15-11(3)16-13/h4,7,10,12H,5-6,8-9H2,1-3H3,(H,15,16,17). The Bertz CT molecular complexity index is 439. The van der Waals surface area contributed by atoms with Crippen molar-refractivity contribution >= 4 is 11.7 Å². The summed E-state index contributed by atoms with van der Waals surface area (Å²) in [6.45, 7) is 7.46. The summed E-state index contributed by atoms with van der Waals surface area (Å²) in [5.41, 5.74) is 0. The average molecular weight is 262 g/mol. The number of rotatable bonds is 3. The van der Waals surface area contributed by atoms with Crippen LogP contribution in [0.15, 0.2) is 12.3 Å². The highest BCUT2D eigenvalue weighted by Gasteiger charge is 2.24. The van der Waals surface area contributed by atoms with Crippen LogP contribution in [-0.4, -0.2) is 39.9 Å². The number of carbonyl (C=O) groups is 1. The van der Waals surface area contributed by atoms with Crippen molar-refractivity contribution < 1.29 is 4.79 Å². The van der Waals surface area contributed by atoms with E-state index in [1.807, 2.05) is 31.7 Å². The van der Waals surface area contributed by atoms with Crippen molar-refractivity contribution in [1.29, 1.82) is 0 Å². The highest BCUT2D eigenvalue weighted by Crippen LogP contribution is 2.16. The highest BCUT2D eigenvalue weighted by molar-refractivity contribution is 5.78. The fourth-order valence-corrected chi connectivity index (χ4v) is 2.36. The van der Waals surface area contributed by atoms with Gasteiger partial charge in [0.2, 0.25) is 5.91 Å². The molecule has 2 rings (SSSR count). The molecule has 1 aromatic rings. The summed E-state index contributed by atoms with van der Waals surface area (Å²) in [5.74, 6) is 2.00. The second-order valence-corrected chi connectivity index (χ2v) is 5.39. The minimum absolute atomic E-state index is 0.0917. The van der Waals surface area contributed by atoms with Crippen LogP contribution in [0.5, 0.6) is 0 Å². The Morgan fingerprint density at radius 2 is 2.11 bits per heavy atom. The zero-order valence-corrected chi connectivity index (χ0v) is 11.9. The van der Waals surface area contributed by atoms with Crippen molar-refractivity contribution in [3.05, 3.63) is 18.1 Å². The van der Waals surface area contributed by atoms with Crippen LogP contribution >= 0.6 is 0 Å². The van der Waals surface area contributed by atoms with Gasteiger partial charge in [0.25, 0.3) is 0 Å². The fourth-order valence-electron chi connectivity index (χ4n) is 2.36. The lowest BCUT2D eigenvalue weighted by atomic mass is 10.0. The molecule has 5 nitrogen and oxygen atoms in total. The summed E-state index contributed by atoms with van der Waals surface area (Å²) >= 11 is 0. The van der Waals surface area contributed by atoms with Gasteiger partial charge in [-0.2, -0.15) is 0 Å². The van der Waals surface area contributed by atoms with Crippen LogP contribution in [0.1, 0.15) is 32.5 Å². The summed E-state index contributed by atoms with van der Waals surface area (Å²) < 4.78 is 0. The number of aryl methyl sites for hydroxylation is 1. The number of likely N-dealkylation sites (tertiary alicyclic amines) is 1.